The molecule has 0 unspecified atom stereocenters. The van der Waals surface area contributed by atoms with Gasteiger partial charge < -0.3 is 5.32 Å². The van der Waals surface area contributed by atoms with Gasteiger partial charge in [-0.25, -0.2) is 5.01 Å². The van der Waals surface area contributed by atoms with Crippen molar-refractivity contribution in [1.29, 1.82) is 0 Å². The summed E-state index contributed by atoms with van der Waals surface area (Å²) in [5.74, 6) is 0.554. The Morgan fingerprint density at radius 1 is 1.13 bits per heavy atom. The van der Waals surface area contributed by atoms with E-state index in [4.69, 9.17) is 0 Å². The minimum Gasteiger partial charge on any atom is -0.348 e. The fourth-order valence-corrected chi connectivity index (χ4v) is 3.16. The first-order chi connectivity index (χ1) is 11.1. The van der Waals surface area contributed by atoms with E-state index in [1.165, 1.54) is 5.01 Å². The van der Waals surface area contributed by atoms with E-state index in [2.05, 4.69) is 17.3 Å². The van der Waals surface area contributed by atoms with Crippen LogP contribution in [-0.2, 0) is 9.59 Å². The van der Waals surface area contributed by atoms with Gasteiger partial charge in [0.1, 0.15) is 5.71 Å². The summed E-state index contributed by atoms with van der Waals surface area (Å²) >= 11 is 0. The number of hydrogen-bond acceptors (Lipinski definition) is 3. The number of amides is 2. The van der Waals surface area contributed by atoms with Gasteiger partial charge in [-0.05, 0) is 43.7 Å². The molecule has 1 aromatic carbocycles. The van der Waals surface area contributed by atoms with Crippen molar-refractivity contribution in [3.05, 3.63) is 30.3 Å². The highest BCUT2D eigenvalue weighted by Gasteiger charge is 2.27. The monoisotopic (exact) mass is 313 g/mol. The van der Waals surface area contributed by atoms with E-state index < -0.39 is 0 Å². The van der Waals surface area contributed by atoms with Crippen molar-refractivity contribution >= 4 is 23.2 Å². The Morgan fingerprint density at radius 3 is 2.52 bits per heavy atom. The number of carbonyl (C=O) groups excluding carboxylic acids is 2. The zero-order valence-electron chi connectivity index (χ0n) is 13.5. The molecule has 2 aliphatic rings. The van der Waals surface area contributed by atoms with Crippen molar-refractivity contribution in [1.82, 2.24) is 5.32 Å². The van der Waals surface area contributed by atoms with Gasteiger partial charge in [-0.15, -0.1) is 0 Å². The molecule has 5 heteroatoms. The molecular weight excluding hydrogens is 290 g/mol. The number of nitrogens with zero attached hydrogens (tertiary/aromatic N) is 2. The van der Waals surface area contributed by atoms with Gasteiger partial charge in [-0.1, -0.05) is 25.1 Å². The van der Waals surface area contributed by atoms with E-state index in [9.17, 15) is 9.59 Å². The largest absolute Gasteiger partial charge is 0.348 e. The van der Waals surface area contributed by atoms with E-state index in [1.54, 1.807) is 0 Å². The van der Waals surface area contributed by atoms with Gasteiger partial charge >= 0.3 is 0 Å². The predicted octanol–water partition coefficient (Wildman–Crippen LogP) is 2.86. The van der Waals surface area contributed by atoms with Gasteiger partial charge in [0.15, 0.2) is 0 Å². The van der Waals surface area contributed by atoms with Crippen molar-refractivity contribution < 1.29 is 9.59 Å². The van der Waals surface area contributed by atoms with E-state index in [0.29, 0.717) is 24.2 Å². The molecule has 122 valence electrons. The van der Waals surface area contributed by atoms with Gasteiger partial charge in [0, 0.05) is 18.9 Å². The van der Waals surface area contributed by atoms with Crippen LogP contribution in [0.1, 0.15) is 45.4 Å². The fourth-order valence-electron chi connectivity index (χ4n) is 3.16. The maximum absolute atomic E-state index is 12.5. The summed E-state index contributed by atoms with van der Waals surface area (Å²) in [4.78, 5) is 24.5. The summed E-state index contributed by atoms with van der Waals surface area (Å²) in [6, 6.07) is 9.49. The summed E-state index contributed by atoms with van der Waals surface area (Å²) < 4.78 is 0. The molecule has 0 atom stereocenters. The number of rotatable bonds is 3. The maximum atomic E-state index is 12.5. The molecular formula is C18H23N3O2. The second-order valence-corrected chi connectivity index (χ2v) is 6.52. The van der Waals surface area contributed by atoms with Crippen LogP contribution in [-0.4, -0.2) is 23.6 Å². The van der Waals surface area contributed by atoms with Crippen LogP contribution in [0.2, 0.25) is 0 Å². The van der Waals surface area contributed by atoms with Gasteiger partial charge in [0.2, 0.25) is 5.91 Å². The number of hydrazone groups is 1. The first-order valence-electron chi connectivity index (χ1n) is 8.40. The molecule has 0 aromatic heterocycles. The van der Waals surface area contributed by atoms with Crippen molar-refractivity contribution in [3.63, 3.8) is 0 Å². The summed E-state index contributed by atoms with van der Waals surface area (Å²) in [6.07, 6.45) is 5.11. The highest BCUT2D eigenvalue weighted by atomic mass is 16.2. The summed E-state index contributed by atoms with van der Waals surface area (Å²) in [5.41, 5.74) is 1.15. The Bertz CT molecular complexity index is 604. The summed E-state index contributed by atoms with van der Waals surface area (Å²) in [7, 11) is 0. The molecule has 1 saturated carbocycles. The van der Waals surface area contributed by atoms with E-state index in [1.807, 2.05) is 30.3 Å². The molecule has 2 amide bonds. The molecule has 1 heterocycles. The SMILES string of the molecule is CC1CCC(NC(=O)C2=NN(c3ccccc3)C(=O)CC2)CC1. The van der Waals surface area contributed by atoms with Crippen LogP contribution in [0.4, 0.5) is 5.69 Å². The average Bonchev–Trinajstić information content (AvgIpc) is 2.58. The molecule has 3 rings (SSSR count). The van der Waals surface area contributed by atoms with Gasteiger partial charge in [-0.2, -0.15) is 5.10 Å². The molecule has 5 nitrogen and oxygen atoms in total. The lowest BCUT2D eigenvalue weighted by molar-refractivity contribution is -0.119. The molecule has 0 bridgehead atoms. The minimum absolute atomic E-state index is 0.0701. The molecule has 0 spiro atoms. The van der Waals surface area contributed by atoms with E-state index in [0.717, 1.165) is 31.6 Å². The van der Waals surface area contributed by atoms with Crippen LogP contribution in [0.3, 0.4) is 0 Å². The topological polar surface area (TPSA) is 61.8 Å². The number of nitrogens with one attached hydrogen (secondary N) is 1. The van der Waals surface area contributed by atoms with Crippen LogP contribution in [0, 0.1) is 5.92 Å². The smallest absolute Gasteiger partial charge is 0.267 e. The van der Waals surface area contributed by atoms with E-state index >= 15 is 0 Å². The van der Waals surface area contributed by atoms with Crippen LogP contribution in [0.25, 0.3) is 0 Å². The quantitative estimate of drug-likeness (QED) is 0.932. The first-order valence-corrected chi connectivity index (χ1v) is 8.40. The zero-order chi connectivity index (χ0) is 16.2. The number of benzene rings is 1. The van der Waals surface area contributed by atoms with Crippen molar-refractivity contribution in [3.8, 4) is 0 Å². The molecule has 1 N–H and O–H groups in total. The number of carbonyl (C=O) groups is 2. The third-order valence-corrected chi connectivity index (χ3v) is 4.65. The Kier molecular flexibility index (Phi) is 4.74. The predicted molar refractivity (Wildman–Crippen MR) is 90.2 cm³/mol. The fraction of sp³-hybridized carbons (Fsp3) is 0.500. The van der Waals surface area contributed by atoms with Crippen LogP contribution >= 0.6 is 0 Å². The molecule has 0 radical (unpaired) electrons. The van der Waals surface area contributed by atoms with Crippen molar-refractivity contribution in [2.45, 2.75) is 51.5 Å². The van der Waals surface area contributed by atoms with Gasteiger partial charge in [0.25, 0.3) is 5.91 Å². The molecule has 0 saturated heterocycles. The van der Waals surface area contributed by atoms with Crippen LogP contribution in [0.15, 0.2) is 35.4 Å². The maximum Gasteiger partial charge on any atom is 0.267 e. The Labute approximate surface area is 136 Å². The third-order valence-electron chi connectivity index (χ3n) is 4.65. The normalized spacial score (nSPS) is 25.0. The Balaban J connectivity index is 1.69. The minimum atomic E-state index is -0.127. The second-order valence-electron chi connectivity index (χ2n) is 6.52. The molecule has 23 heavy (non-hydrogen) atoms. The molecule has 1 aliphatic carbocycles. The first kappa shape index (κ1) is 15.7. The zero-order valence-corrected chi connectivity index (χ0v) is 13.5. The van der Waals surface area contributed by atoms with Crippen molar-refractivity contribution in [2.24, 2.45) is 11.0 Å². The Morgan fingerprint density at radius 2 is 1.83 bits per heavy atom. The van der Waals surface area contributed by atoms with Gasteiger partial charge in [0.05, 0.1) is 5.69 Å². The molecule has 1 aromatic rings. The second kappa shape index (κ2) is 6.94. The highest BCUT2D eigenvalue weighted by molar-refractivity contribution is 6.40. The van der Waals surface area contributed by atoms with Crippen LogP contribution in [0.5, 0.6) is 0 Å². The standard InChI is InChI=1S/C18H23N3O2/c1-13-7-9-14(10-8-13)19-18(23)16-11-12-17(22)21(20-16)15-5-3-2-4-6-15/h2-6,13-14H,7-12H2,1H3,(H,19,23). The van der Waals surface area contributed by atoms with E-state index in [-0.39, 0.29) is 17.9 Å². The lowest BCUT2D eigenvalue weighted by atomic mass is 9.87. The summed E-state index contributed by atoms with van der Waals surface area (Å²) in [6.45, 7) is 2.26. The number of hydrogen-bond donors (Lipinski definition) is 1. The van der Waals surface area contributed by atoms with Gasteiger partial charge in [-0.3, -0.25) is 9.59 Å². The Hall–Kier alpha value is -2.17. The number of para-hydroxylation sites is 1. The van der Waals surface area contributed by atoms with Crippen LogP contribution < -0.4 is 10.3 Å². The third kappa shape index (κ3) is 3.78. The highest BCUT2D eigenvalue weighted by Crippen LogP contribution is 2.24. The molecule has 1 fully saturated rings. The summed E-state index contributed by atoms with van der Waals surface area (Å²) in [5, 5.41) is 8.74. The lowest BCUT2D eigenvalue weighted by Gasteiger charge is -2.28. The lowest BCUT2D eigenvalue weighted by Crippen LogP contribution is -2.44. The van der Waals surface area contributed by atoms with Crippen molar-refractivity contribution in [2.75, 3.05) is 5.01 Å². The number of anilines is 1. The average molecular weight is 313 g/mol. The molecule has 1 aliphatic heterocycles.